The van der Waals surface area contributed by atoms with Crippen LogP contribution in [0.15, 0.2) is 24.3 Å². The summed E-state index contributed by atoms with van der Waals surface area (Å²) in [6.07, 6.45) is 0.520. The van der Waals surface area contributed by atoms with Crippen LogP contribution in [0, 0.1) is 12.3 Å². The van der Waals surface area contributed by atoms with Crippen molar-refractivity contribution in [3.05, 3.63) is 35.4 Å². The van der Waals surface area contributed by atoms with Gasteiger partial charge in [0.05, 0.1) is 18.7 Å². The van der Waals surface area contributed by atoms with Gasteiger partial charge in [0.25, 0.3) is 0 Å². The number of hydrogen-bond donors (Lipinski definition) is 1. The molecule has 5 heteroatoms. The van der Waals surface area contributed by atoms with Crippen LogP contribution < -0.4 is 5.32 Å². The lowest BCUT2D eigenvalue weighted by Crippen LogP contribution is -2.23. The van der Waals surface area contributed by atoms with Crippen molar-refractivity contribution in [2.75, 3.05) is 13.1 Å². The number of nitrogens with one attached hydrogen (secondary N) is 1. The number of hydrogen-bond acceptors (Lipinski definition) is 2. The van der Waals surface area contributed by atoms with E-state index in [-0.39, 0.29) is 18.7 Å². The molecule has 0 fully saturated rings. The molecule has 0 bridgehead atoms. The van der Waals surface area contributed by atoms with Crippen molar-refractivity contribution >= 4 is 5.78 Å². The van der Waals surface area contributed by atoms with Crippen molar-refractivity contribution in [2.24, 2.45) is 0 Å². The van der Waals surface area contributed by atoms with Crippen LogP contribution in [0.5, 0.6) is 0 Å². The molecule has 0 atom stereocenters. The van der Waals surface area contributed by atoms with Gasteiger partial charge in [-0.05, 0) is 12.1 Å². The van der Waals surface area contributed by atoms with Gasteiger partial charge in [0.2, 0.25) is 0 Å². The molecule has 2 nitrogen and oxygen atoms in total. The Morgan fingerprint density at radius 1 is 1.41 bits per heavy atom. The number of carbonyl (C=O) groups excluding carboxylic acids is 1. The Kier molecular flexibility index (Phi) is 4.30. The minimum atomic E-state index is -4.44. The molecule has 0 aliphatic carbocycles. The van der Waals surface area contributed by atoms with Crippen molar-refractivity contribution in [3.8, 4) is 12.3 Å². The second kappa shape index (κ2) is 5.51. The summed E-state index contributed by atoms with van der Waals surface area (Å²) in [6.45, 7) is 0.121. The van der Waals surface area contributed by atoms with E-state index in [1.165, 1.54) is 12.1 Å². The molecule has 0 amide bonds. The highest BCUT2D eigenvalue weighted by Crippen LogP contribution is 2.29. The third-order valence-electron chi connectivity index (χ3n) is 2.02. The Bertz CT molecular complexity index is 446. The number of halogens is 3. The molecule has 0 aliphatic rings. The van der Waals surface area contributed by atoms with Crippen LogP contribution in [-0.2, 0) is 6.18 Å². The first-order chi connectivity index (χ1) is 7.95. The van der Waals surface area contributed by atoms with Crippen LogP contribution in [0.3, 0.4) is 0 Å². The second-order valence-electron chi connectivity index (χ2n) is 3.31. The number of rotatable bonds is 4. The minimum absolute atomic E-state index is 0.0179. The van der Waals surface area contributed by atoms with Crippen molar-refractivity contribution in [2.45, 2.75) is 6.18 Å². The summed E-state index contributed by atoms with van der Waals surface area (Å²) in [4.78, 5) is 11.5. The van der Waals surface area contributed by atoms with Crippen LogP contribution in [0.25, 0.3) is 0 Å². The first-order valence-electron chi connectivity index (χ1n) is 4.80. The molecule has 1 N–H and O–H groups in total. The first-order valence-corrected chi connectivity index (χ1v) is 4.80. The lowest BCUT2D eigenvalue weighted by Gasteiger charge is -2.08. The molecule has 0 saturated heterocycles. The van der Waals surface area contributed by atoms with Gasteiger partial charge in [-0.3, -0.25) is 10.1 Å². The summed E-state index contributed by atoms with van der Waals surface area (Å²) < 4.78 is 37.2. The molecule has 0 heterocycles. The van der Waals surface area contributed by atoms with Crippen LogP contribution in [0.4, 0.5) is 13.2 Å². The predicted molar refractivity (Wildman–Crippen MR) is 57.5 cm³/mol. The second-order valence-corrected chi connectivity index (χ2v) is 3.31. The lowest BCUT2D eigenvalue weighted by atomic mass is 10.1. The molecular weight excluding hydrogens is 231 g/mol. The third-order valence-corrected chi connectivity index (χ3v) is 2.02. The van der Waals surface area contributed by atoms with Gasteiger partial charge < -0.3 is 0 Å². The summed E-state index contributed by atoms with van der Waals surface area (Å²) in [5.41, 5.74) is -0.815. The molecule has 0 spiro atoms. The molecule has 17 heavy (non-hydrogen) atoms. The third kappa shape index (κ3) is 3.93. The zero-order chi connectivity index (χ0) is 12.9. The van der Waals surface area contributed by atoms with Crippen LogP contribution in [-0.4, -0.2) is 18.9 Å². The maximum Gasteiger partial charge on any atom is 0.416 e. The van der Waals surface area contributed by atoms with Gasteiger partial charge >= 0.3 is 6.18 Å². The molecular formula is C12H10F3NO. The normalized spacial score (nSPS) is 10.9. The van der Waals surface area contributed by atoms with Gasteiger partial charge in [0, 0.05) is 5.56 Å². The van der Waals surface area contributed by atoms with E-state index < -0.39 is 17.5 Å². The van der Waals surface area contributed by atoms with Crippen molar-refractivity contribution < 1.29 is 18.0 Å². The van der Waals surface area contributed by atoms with Gasteiger partial charge in [0.1, 0.15) is 0 Å². The Morgan fingerprint density at radius 2 is 2.12 bits per heavy atom. The molecule has 1 aromatic carbocycles. The summed E-state index contributed by atoms with van der Waals surface area (Å²) >= 11 is 0. The van der Waals surface area contributed by atoms with Gasteiger partial charge in [0.15, 0.2) is 5.78 Å². The zero-order valence-corrected chi connectivity index (χ0v) is 8.84. The zero-order valence-electron chi connectivity index (χ0n) is 8.84. The Hall–Kier alpha value is -1.80. The van der Waals surface area contributed by atoms with E-state index in [0.29, 0.717) is 0 Å². The van der Waals surface area contributed by atoms with E-state index in [1.807, 2.05) is 0 Å². The maximum absolute atomic E-state index is 12.4. The Morgan fingerprint density at radius 3 is 2.71 bits per heavy atom. The van der Waals surface area contributed by atoms with Crippen molar-refractivity contribution in [1.29, 1.82) is 0 Å². The monoisotopic (exact) mass is 241 g/mol. The van der Waals surface area contributed by atoms with E-state index in [9.17, 15) is 18.0 Å². The molecule has 1 rings (SSSR count). The summed E-state index contributed by atoms with van der Waals surface area (Å²) in [6, 6.07) is 4.30. The largest absolute Gasteiger partial charge is 0.416 e. The topological polar surface area (TPSA) is 29.1 Å². The number of carbonyl (C=O) groups is 1. The number of benzene rings is 1. The Balaban J connectivity index is 2.79. The summed E-state index contributed by atoms with van der Waals surface area (Å²) in [5.74, 6) is 1.84. The molecule has 90 valence electrons. The van der Waals surface area contributed by atoms with E-state index in [0.717, 1.165) is 12.1 Å². The molecule has 0 aliphatic heterocycles. The molecule has 0 unspecified atom stereocenters. The van der Waals surface area contributed by atoms with Crippen LogP contribution in [0.2, 0.25) is 0 Å². The molecule has 0 aromatic heterocycles. The van der Waals surface area contributed by atoms with Gasteiger partial charge in [-0.15, -0.1) is 6.42 Å². The fourth-order valence-corrected chi connectivity index (χ4v) is 1.22. The van der Waals surface area contributed by atoms with Gasteiger partial charge in [-0.1, -0.05) is 18.1 Å². The molecule has 0 radical (unpaired) electrons. The smallest absolute Gasteiger partial charge is 0.299 e. The van der Waals surface area contributed by atoms with E-state index in [2.05, 4.69) is 11.2 Å². The SMILES string of the molecule is C#CCNCC(=O)c1cccc(C(F)(F)F)c1. The number of terminal acetylenes is 1. The molecule has 0 saturated carbocycles. The number of ketones is 1. The Labute approximate surface area is 96.8 Å². The van der Waals surface area contributed by atoms with Crippen LogP contribution in [0.1, 0.15) is 15.9 Å². The average Bonchev–Trinajstić information content (AvgIpc) is 2.28. The van der Waals surface area contributed by atoms with E-state index in [4.69, 9.17) is 6.42 Å². The van der Waals surface area contributed by atoms with Crippen molar-refractivity contribution in [1.82, 2.24) is 5.32 Å². The fraction of sp³-hybridized carbons (Fsp3) is 0.250. The van der Waals surface area contributed by atoms with E-state index >= 15 is 0 Å². The van der Waals surface area contributed by atoms with Gasteiger partial charge in [-0.25, -0.2) is 0 Å². The first kappa shape index (κ1) is 13.3. The van der Waals surface area contributed by atoms with Crippen LogP contribution >= 0.6 is 0 Å². The van der Waals surface area contributed by atoms with E-state index in [1.54, 1.807) is 0 Å². The van der Waals surface area contributed by atoms with Crippen molar-refractivity contribution in [3.63, 3.8) is 0 Å². The fourth-order valence-electron chi connectivity index (χ4n) is 1.22. The highest BCUT2D eigenvalue weighted by molar-refractivity contribution is 5.97. The highest BCUT2D eigenvalue weighted by Gasteiger charge is 2.30. The lowest BCUT2D eigenvalue weighted by molar-refractivity contribution is -0.137. The standard InChI is InChI=1S/C12H10F3NO/c1-2-6-16-8-11(17)9-4-3-5-10(7-9)12(13,14)15/h1,3-5,7,16H,6,8H2. The van der Waals surface area contributed by atoms with Gasteiger partial charge in [-0.2, -0.15) is 13.2 Å². The summed E-state index contributed by atoms with van der Waals surface area (Å²) in [7, 11) is 0. The number of alkyl halides is 3. The minimum Gasteiger partial charge on any atom is -0.299 e. The maximum atomic E-state index is 12.4. The quantitative estimate of drug-likeness (QED) is 0.497. The highest BCUT2D eigenvalue weighted by atomic mass is 19.4. The molecule has 1 aromatic rings. The summed E-state index contributed by atoms with van der Waals surface area (Å²) in [5, 5.41) is 2.62. The average molecular weight is 241 g/mol. The number of Topliss-reactive ketones (excluding diaryl/α,β-unsaturated/α-hetero) is 1. The predicted octanol–water partition coefficient (Wildman–Crippen LogP) is 2.11.